The van der Waals surface area contributed by atoms with Crippen LogP contribution in [0.25, 0.3) is 0 Å². The van der Waals surface area contributed by atoms with Gasteiger partial charge in [0.2, 0.25) is 5.91 Å². The Morgan fingerprint density at radius 2 is 1.93 bits per heavy atom. The highest BCUT2D eigenvalue weighted by atomic mass is 16.2. The van der Waals surface area contributed by atoms with Crippen LogP contribution in [0.4, 0.5) is 0 Å². The molecular formula is C12H14N2O+. The number of carbonyl (C=O) groups is 1. The molecule has 77 valence electrons. The lowest BCUT2D eigenvalue weighted by Gasteiger charge is -2.19. The highest BCUT2D eigenvalue weighted by Crippen LogP contribution is 2.20. The molecular weight excluding hydrogens is 188 g/mol. The second-order valence-corrected chi connectivity index (χ2v) is 3.77. The van der Waals surface area contributed by atoms with Gasteiger partial charge in [-0.05, 0) is 17.2 Å². The molecule has 1 amide bonds. The fraction of sp³-hybridized carbons (Fsp3) is 0.250. The lowest BCUT2D eigenvalue weighted by Crippen LogP contribution is -2.24. The summed E-state index contributed by atoms with van der Waals surface area (Å²) < 4.78 is 0. The molecule has 3 heteroatoms. The zero-order valence-corrected chi connectivity index (χ0v) is 8.97. The van der Waals surface area contributed by atoms with E-state index in [0.717, 1.165) is 11.1 Å². The summed E-state index contributed by atoms with van der Waals surface area (Å²) in [5, 5.41) is 0. The summed E-state index contributed by atoms with van der Waals surface area (Å²) in [5.41, 5.74) is 2.20. The number of nitrogens with zero attached hydrogens (tertiary/aromatic N) is 2. The van der Waals surface area contributed by atoms with Crippen molar-refractivity contribution in [2.45, 2.75) is 6.42 Å². The SMILES string of the molecule is CN1C=CC(=C2C=C[N+](C)C=C2)CC1=O. The van der Waals surface area contributed by atoms with Crippen LogP contribution in [0.3, 0.4) is 0 Å². The average molecular weight is 202 g/mol. The highest BCUT2D eigenvalue weighted by Gasteiger charge is 2.16. The summed E-state index contributed by atoms with van der Waals surface area (Å²) in [6.07, 6.45) is 12.3. The van der Waals surface area contributed by atoms with Gasteiger partial charge in [0.05, 0.1) is 6.42 Å². The van der Waals surface area contributed by atoms with Crippen molar-refractivity contribution in [2.24, 2.45) is 0 Å². The van der Waals surface area contributed by atoms with Crippen LogP contribution in [-0.2, 0) is 4.79 Å². The zero-order chi connectivity index (χ0) is 10.8. The highest BCUT2D eigenvalue weighted by molar-refractivity contribution is 5.82. The van der Waals surface area contributed by atoms with Gasteiger partial charge in [-0.25, -0.2) is 0 Å². The van der Waals surface area contributed by atoms with Gasteiger partial charge in [0.25, 0.3) is 0 Å². The van der Waals surface area contributed by atoms with Crippen molar-refractivity contribution in [3.63, 3.8) is 0 Å². The molecule has 2 aliphatic heterocycles. The van der Waals surface area contributed by atoms with Gasteiger partial charge >= 0.3 is 0 Å². The molecule has 0 bridgehead atoms. The molecule has 0 saturated heterocycles. The minimum atomic E-state index is 0.140. The van der Waals surface area contributed by atoms with Crippen LogP contribution >= 0.6 is 0 Å². The summed E-state index contributed by atoms with van der Waals surface area (Å²) in [5.74, 6) is 0.140. The number of hydrogen-bond donors (Lipinski definition) is 0. The molecule has 0 aromatic heterocycles. The first-order valence-electron chi connectivity index (χ1n) is 4.92. The molecule has 2 aliphatic rings. The fourth-order valence-electron chi connectivity index (χ4n) is 1.54. The molecule has 1 radical (unpaired) electrons. The van der Waals surface area contributed by atoms with Crippen molar-refractivity contribution in [3.05, 3.63) is 48.0 Å². The molecule has 0 saturated carbocycles. The van der Waals surface area contributed by atoms with Crippen molar-refractivity contribution in [3.8, 4) is 0 Å². The van der Waals surface area contributed by atoms with E-state index in [-0.39, 0.29) is 5.91 Å². The first kappa shape index (κ1) is 9.93. The number of rotatable bonds is 0. The van der Waals surface area contributed by atoms with Crippen molar-refractivity contribution in [1.29, 1.82) is 0 Å². The smallest absolute Gasteiger partial charge is 0.230 e. The Morgan fingerprint density at radius 3 is 2.53 bits per heavy atom. The second kappa shape index (κ2) is 3.87. The number of carbonyl (C=O) groups excluding carboxylic acids is 1. The average Bonchev–Trinajstić information content (AvgIpc) is 2.23. The minimum absolute atomic E-state index is 0.140. The van der Waals surface area contributed by atoms with Gasteiger partial charge in [-0.3, -0.25) is 4.79 Å². The molecule has 0 atom stereocenters. The monoisotopic (exact) mass is 202 g/mol. The topological polar surface area (TPSA) is 26.2 Å². The first-order chi connectivity index (χ1) is 7.16. The maximum atomic E-state index is 11.5. The standard InChI is InChI=1S/C12H14N2O/c1-13-6-3-10(4-7-13)11-5-8-14(2)12(15)9-11/h3-8H,9H2,1-2H3/q+1. The van der Waals surface area contributed by atoms with Gasteiger partial charge < -0.3 is 4.90 Å². The van der Waals surface area contributed by atoms with E-state index < -0.39 is 0 Å². The Balaban J connectivity index is 2.28. The van der Waals surface area contributed by atoms with E-state index in [2.05, 4.69) is 0 Å². The van der Waals surface area contributed by atoms with Crippen LogP contribution < -0.4 is 4.90 Å². The third-order valence-electron chi connectivity index (χ3n) is 2.58. The summed E-state index contributed by atoms with van der Waals surface area (Å²) >= 11 is 0. The largest absolute Gasteiger partial charge is 0.322 e. The molecule has 0 fully saturated rings. The molecule has 2 heterocycles. The maximum absolute atomic E-state index is 11.5. The van der Waals surface area contributed by atoms with Gasteiger partial charge in [-0.15, -0.1) is 4.90 Å². The lowest BCUT2D eigenvalue weighted by molar-refractivity contribution is -0.127. The molecule has 0 aromatic rings. The summed E-state index contributed by atoms with van der Waals surface area (Å²) in [7, 11) is 3.75. The van der Waals surface area contributed by atoms with E-state index in [1.165, 1.54) is 0 Å². The molecule has 0 spiro atoms. The summed E-state index contributed by atoms with van der Waals surface area (Å²) in [6, 6.07) is 0. The molecule has 3 nitrogen and oxygen atoms in total. The van der Waals surface area contributed by atoms with Crippen LogP contribution in [0.5, 0.6) is 0 Å². The Kier molecular flexibility index (Phi) is 2.56. The minimum Gasteiger partial charge on any atom is -0.322 e. The predicted octanol–water partition coefficient (Wildman–Crippen LogP) is 1.47. The Morgan fingerprint density at radius 1 is 1.27 bits per heavy atom. The van der Waals surface area contributed by atoms with Crippen LogP contribution in [0.2, 0.25) is 0 Å². The van der Waals surface area contributed by atoms with Crippen LogP contribution in [0.1, 0.15) is 6.42 Å². The van der Waals surface area contributed by atoms with Gasteiger partial charge in [-0.1, -0.05) is 0 Å². The van der Waals surface area contributed by atoms with Gasteiger partial charge in [0, 0.05) is 25.4 Å². The number of hydrogen-bond acceptors (Lipinski definition) is 2. The molecule has 2 rings (SSSR count). The third-order valence-corrected chi connectivity index (χ3v) is 2.58. The Labute approximate surface area is 89.7 Å². The second-order valence-electron chi connectivity index (χ2n) is 3.77. The van der Waals surface area contributed by atoms with E-state index in [0.29, 0.717) is 6.42 Å². The summed E-state index contributed by atoms with van der Waals surface area (Å²) in [4.78, 5) is 15.1. The Bertz CT molecular complexity index is 386. The van der Waals surface area contributed by atoms with E-state index in [1.54, 1.807) is 11.9 Å². The molecule has 0 aromatic carbocycles. The van der Waals surface area contributed by atoms with Crippen LogP contribution in [0.15, 0.2) is 48.0 Å². The molecule has 0 unspecified atom stereocenters. The lowest BCUT2D eigenvalue weighted by atomic mass is 10.0. The predicted molar refractivity (Wildman–Crippen MR) is 59.9 cm³/mol. The van der Waals surface area contributed by atoms with Crippen molar-refractivity contribution >= 4 is 5.91 Å². The van der Waals surface area contributed by atoms with Crippen molar-refractivity contribution < 1.29 is 4.79 Å². The van der Waals surface area contributed by atoms with Crippen LogP contribution in [0, 0.1) is 0 Å². The molecule has 0 aliphatic carbocycles. The zero-order valence-electron chi connectivity index (χ0n) is 8.97. The van der Waals surface area contributed by atoms with Crippen LogP contribution in [-0.4, -0.2) is 24.9 Å². The van der Waals surface area contributed by atoms with Crippen molar-refractivity contribution in [1.82, 2.24) is 9.80 Å². The van der Waals surface area contributed by atoms with Gasteiger partial charge in [-0.2, -0.15) is 0 Å². The van der Waals surface area contributed by atoms with E-state index in [9.17, 15) is 4.79 Å². The van der Waals surface area contributed by atoms with Gasteiger partial charge in [0.1, 0.15) is 19.4 Å². The van der Waals surface area contributed by atoms with E-state index in [4.69, 9.17) is 0 Å². The molecule has 15 heavy (non-hydrogen) atoms. The van der Waals surface area contributed by atoms with E-state index in [1.807, 2.05) is 48.8 Å². The third kappa shape index (κ3) is 2.07. The molecule has 0 N–H and O–H groups in total. The summed E-state index contributed by atoms with van der Waals surface area (Å²) in [6.45, 7) is 0. The first-order valence-corrected chi connectivity index (χ1v) is 4.92. The van der Waals surface area contributed by atoms with E-state index >= 15 is 0 Å². The maximum Gasteiger partial charge on any atom is 0.230 e. The Hall–Kier alpha value is -1.61. The number of amides is 1. The van der Waals surface area contributed by atoms with Gasteiger partial charge in [0.15, 0.2) is 0 Å². The fourth-order valence-corrected chi connectivity index (χ4v) is 1.54. The van der Waals surface area contributed by atoms with Crippen molar-refractivity contribution in [2.75, 3.05) is 14.1 Å². The number of allylic oxidation sites excluding steroid dienone is 4. The quantitative estimate of drug-likeness (QED) is 0.546. The normalized spacial score (nSPS) is 21.7.